The van der Waals surface area contributed by atoms with Crippen LogP contribution in [-0.4, -0.2) is 27.5 Å². The first-order valence-electron chi connectivity index (χ1n) is 8.37. The van der Waals surface area contributed by atoms with Crippen LogP contribution in [-0.2, 0) is 13.1 Å². The number of aliphatic hydroxyl groups is 1. The van der Waals surface area contributed by atoms with Gasteiger partial charge in [0.2, 0.25) is 0 Å². The predicted molar refractivity (Wildman–Crippen MR) is 102 cm³/mol. The van der Waals surface area contributed by atoms with Gasteiger partial charge < -0.3 is 10.4 Å². The summed E-state index contributed by atoms with van der Waals surface area (Å²) in [4.78, 5) is 0. The monoisotopic (exact) mass is 355 g/mol. The zero-order valence-corrected chi connectivity index (χ0v) is 14.9. The molecule has 3 rings (SSSR count). The van der Waals surface area contributed by atoms with Crippen molar-refractivity contribution in [1.29, 1.82) is 0 Å². The van der Waals surface area contributed by atoms with Gasteiger partial charge in [0, 0.05) is 35.4 Å². The fourth-order valence-corrected chi connectivity index (χ4v) is 2.84. The summed E-state index contributed by atoms with van der Waals surface area (Å²) in [5.74, 6) is 0. The topological polar surface area (TPSA) is 50.1 Å². The highest BCUT2D eigenvalue weighted by atomic mass is 35.5. The lowest BCUT2D eigenvalue weighted by molar-refractivity contribution is 0.191. The van der Waals surface area contributed by atoms with E-state index in [2.05, 4.69) is 23.6 Å². The van der Waals surface area contributed by atoms with Gasteiger partial charge in [0.1, 0.15) is 0 Å². The van der Waals surface area contributed by atoms with E-state index >= 15 is 0 Å². The summed E-state index contributed by atoms with van der Waals surface area (Å²) >= 11 is 6.00. The molecule has 0 bridgehead atoms. The molecule has 0 unspecified atom stereocenters. The first-order chi connectivity index (χ1) is 12.1. The molecule has 0 aliphatic rings. The number of aromatic nitrogens is 2. The van der Waals surface area contributed by atoms with Crippen molar-refractivity contribution in [3.8, 4) is 11.3 Å². The number of nitrogens with zero attached hydrogens (tertiary/aromatic N) is 2. The fourth-order valence-electron chi connectivity index (χ4n) is 2.71. The summed E-state index contributed by atoms with van der Waals surface area (Å²) in [6.07, 6.45) is 1.68. The fraction of sp³-hybridized carbons (Fsp3) is 0.250. The van der Waals surface area contributed by atoms with Crippen LogP contribution < -0.4 is 5.32 Å². The Labute approximate surface area is 153 Å². The van der Waals surface area contributed by atoms with Crippen molar-refractivity contribution in [2.24, 2.45) is 0 Å². The third-order valence-corrected chi connectivity index (χ3v) is 4.15. The third kappa shape index (κ3) is 4.92. The minimum Gasteiger partial charge on any atom is -0.392 e. The summed E-state index contributed by atoms with van der Waals surface area (Å²) in [6, 6.07) is 18.0. The number of hydrogen-bond donors (Lipinski definition) is 2. The largest absolute Gasteiger partial charge is 0.392 e. The molecule has 25 heavy (non-hydrogen) atoms. The van der Waals surface area contributed by atoms with E-state index in [1.54, 1.807) is 6.92 Å². The lowest BCUT2D eigenvalue weighted by atomic mass is 10.1. The molecule has 1 heterocycles. The highest BCUT2D eigenvalue weighted by Gasteiger charge is 2.12. The lowest BCUT2D eigenvalue weighted by Gasteiger charge is -2.07. The van der Waals surface area contributed by atoms with Crippen LogP contribution in [0.4, 0.5) is 0 Å². The van der Waals surface area contributed by atoms with Crippen LogP contribution >= 0.6 is 11.6 Å². The quantitative estimate of drug-likeness (QED) is 0.679. The number of rotatable bonds is 7. The van der Waals surface area contributed by atoms with E-state index in [4.69, 9.17) is 16.7 Å². The normalized spacial score (nSPS) is 12.3. The van der Waals surface area contributed by atoms with Gasteiger partial charge in [-0.25, -0.2) is 0 Å². The molecule has 0 amide bonds. The van der Waals surface area contributed by atoms with Crippen molar-refractivity contribution < 1.29 is 5.11 Å². The van der Waals surface area contributed by atoms with Gasteiger partial charge in [-0.1, -0.05) is 54.1 Å². The second kappa shape index (κ2) is 8.30. The van der Waals surface area contributed by atoms with E-state index in [1.807, 2.05) is 47.1 Å². The van der Waals surface area contributed by atoms with E-state index in [1.165, 1.54) is 5.56 Å². The molecule has 0 fully saturated rings. The molecule has 0 aliphatic carbocycles. The van der Waals surface area contributed by atoms with Gasteiger partial charge in [-0.15, -0.1) is 0 Å². The molecule has 1 aromatic heterocycles. The molecule has 130 valence electrons. The maximum atomic E-state index is 9.45. The first kappa shape index (κ1) is 17.7. The zero-order valence-electron chi connectivity index (χ0n) is 14.2. The molecule has 2 aromatic carbocycles. The van der Waals surface area contributed by atoms with Crippen LogP contribution in [0.15, 0.2) is 60.8 Å². The smallest absolute Gasteiger partial charge is 0.0968 e. The van der Waals surface area contributed by atoms with Crippen LogP contribution in [0.1, 0.15) is 18.1 Å². The molecule has 3 aromatic rings. The molecule has 4 nitrogen and oxygen atoms in total. The Balaban J connectivity index is 1.86. The van der Waals surface area contributed by atoms with Crippen LogP contribution in [0.5, 0.6) is 0 Å². The maximum absolute atomic E-state index is 9.45. The Morgan fingerprint density at radius 3 is 2.52 bits per heavy atom. The molecule has 0 aliphatic heterocycles. The minimum absolute atomic E-state index is 0.377. The van der Waals surface area contributed by atoms with Crippen molar-refractivity contribution in [3.63, 3.8) is 0 Å². The molecule has 5 heteroatoms. The number of halogens is 1. The SMILES string of the molecule is C[C@@H](O)CNCc1cn(Cc2ccccc2)nc1-c1ccc(Cl)cc1. The zero-order chi connectivity index (χ0) is 17.6. The number of nitrogens with one attached hydrogen (secondary N) is 1. The minimum atomic E-state index is -0.377. The van der Waals surface area contributed by atoms with E-state index in [9.17, 15) is 5.11 Å². The second-order valence-corrected chi connectivity index (χ2v) is 6.61. The Morgan fingerprint density at radius 1 is 1.12 bits per heavy atom. The average molecular weight is 356 g/mol. The van der Waals surface area contributed by atoms with E-state index in [0.29, 0.717) is 18.1 Å². The summed E-state index contributed by atoms with van der Waals surface area (Å²) in [6.45, 7) is 3.69. The number of benzene rings is 2. The van der Waals surface area contributed by atoms with Crippen LogP contribution in [0.2, 0.25) is 5.02 Å². The first-order valence-corrected chi connectivity index (χ1v) is 8.74. The highest BCUT2D eigenvalue weighted by Crippen LogP contribution is 2.24. The highest BCUT2D eigenvalue weighted by molar-refractivity contribution is 6.30. The van der Waals surface area contributed by atoms with Crippen molar-refractivity contribution >= 4 is 11.6 Å². The maximum Gasteiger partial charge on any atom is 0.0968 e. The van der Waals surface area contributed by atoms with E-state index in [0.717, 1.165) is 23.4 Å². The van der Waals surface area contributed by atoms with Gasteiger partial charge in [-0.3, -0.25) is 4.68 Å². The number of aliphatic hydroxyl groups excluding tert-OH is 1. The van der Waals surface area contributed by atoms with Gasteiger partial charge in [-0.05, 0) is 24.6 Å². The van der Waals surface area contributed by atoms with Gasteiger partial charge in [0.05, 0.1) is 18.3 Å². The van der Waals surface area contributed by atoms with Crippen molar-refractivity contribution in [3.05, 3.63) is 76.9 Å². The summed E-state index contributed by atoms with van der Waals surface area (Å²) in [5, 5.41) is 18.2. The standard InChI is InChI=1S/C20H22ClN3O/c1-15(25)11-22-12-18-14-24(13-16-5-3-2-4-6-16)23-20(18)17-7-9-19(21)10-8-17/h2-10,14-15,22,25H,11-13H2,1H3/t15-/m1/s1. The number of hydrogen-bond acceptors (Lipinski definition) is 3. The molecule has 0 radical (unpaired) electrons. The summed E-state index contributed by atoms with van der Waals surface area (Å²) in [5.41, 5.74) is 4.27. The van der Waals surface area contributed by atoms with Gasteiger partial charge in [0.15, 0.2) is 0 Å². The Morgan fingerprint density at radius 2 is 1.84 bits per heavy atom. The summed E-state index contributed by atoms with van der Waals surface area (Å²) in [7, 11) is 0. The molecular formula is C20H22ClN3O. The lowest BCUT2D eigenvalue weighted by Crippen LogP contribution is -2.23. The molecule has 2 N–H and O–H groups in total. The van der Waals surface area contributed by atoms with Crippen LogP contribution in [0.3, 0.4) is 0 Å². The summed E-state index contributed by atoms with van der Waals surface area (Å²) < 4.78 is 1.96. The van der Waals surface area contributed by atoms with Crippen molar-refractivity contribution in [2.75, 3.05) is 6.54 Å². The van der Waals surface area contributed by atoms with Crippen LogP contribution in [0, 0.1) is 0 Å². The van der Waals surface area contributed by atoms with Crippen molar-refractivity contribution in [2.45, 2.75) is 26.1 Å². The van der Waals surface area contributed by atoms with Gasteiger partial charge in [-0.2, -0.15) is 5.10 Å². The Hall–Kier alpha value is -2.14. The second-order valence-electron chi connectivity index (χ2n) is 6.17. The van der Waals surface area contributed by atoms with E-state index < -0.39 is 0 Å². The average Bonchev–Trinajstić information content (AvgIpc) is 2.99. The molecule has 1 atom stereocenters. The van der Waals surface area contributed by atoms with Gasteiger partial charge in [0.25, 0.3) is 0 Å². The Kier molecular flexibility index (Phi) is 5.87. The van der Waals surface area contributed by atoms with Crippen LogP contribution in [0.25, 0.3) is 11.3 Å². The molecule has 0 saturated carbocycles. The molecular weight excluding hydrogens is 334 g/mol. The molecule has 0 spiro atoms. The van der Waals surface area contributed by atoms with E-state index in [-0.39, 0.29) is 6.10 Å². The third-order valence-electron chi connectivity index (χ3n) is 3.90. The Bertz CT molecular complexity index is 798. The van der Waals surface area contributed by atoms with Gasteiger partial charge >= 0.3 is 0 Å². The predicted octanol–water partition coefficient (Wildman–Crippen LogP) is 3.72. The van der Waals surface area contributed by atoms with Crippen molar-refractivity contribution in [1.82, 2.24) is 15.1 Å². The molecule has 0 saturated heterocycles.